The van der Waals surface area contributed by atoms with Crippen molar-refractivity contribution < 1.29 is 13.2 Å². The van der Waals surface area contributed by atoms with Crippen molar-refractivity contribution in [2.45, 2.75) is 26.6 Å². The van der Waals surface area contributed by atoms with Gasteiger partial charge in [0.05, 0.1) is 0 Å². The summed E-state index contributed by atoms with van der Waals surface area (Å²) in [5.41, 5.74) is 6.78. The van der Waals surface area contributed by atoms with E-state index in [1.807, 2.05) is 0 Å². The van der Waals surface area contributed by atoms with Crippen LogP contribution in [0, 0.1) is 6.92 Å². The van der Waals surface area contributed by atoms with E-state index in [1.165, 1.54) is 6.20 Å². The fourth-order valence-corrected chi connectivity index (χ4v) is 1.37. The van der Waals surface area contributed by atoms with Gasteiger partial charge in [0, 0.05) is 30.5 Å². The molecule has 0 aromatic carbocycles. The fourth-order valence-electron chi connectivity index (χ4n) is 1.37. The summed E-state index contributed by atoms with van der Waals surface area (Å²) in [6, 6.07) is 0. The standard InChI is InChI=1S/C10H15F3N4/c1-3-17(6-10(11,12)13)9-15-5-8(4-14)7(2)16-9/h5H,3-4,6,14H2,1-2H3. The van der Waals surface area contributed by atoms with Gasteiger partial charge in [-0.05, 0) is 13.8 Å². The van der Waals surface area contributed by atoms with Gasteiger partial charge < -0.3 is 10.6 Å². The molecule has 0 aliphatic carbocycles. The van der Waals surface area contributed by atoms with E-state index in [0.29, 0.717) is 5.69 Å². The van der Waals surface area contributed by atoms with Crippen molar-refractivity contribution in [2.24, 2.45) is 5.73 Å². The van der Waals surface area contributed by atoms with Gasteiger partial charge >= 0.3 is 6.18 Å². The highest BCUT2D eigenvalue weighted by molar-refractivity contribution is 5.33. The molecule has 0 atom stereocenters. The molecule has 17 heavy (non-hydrogen) atoms. The molecule has 0 spiro atoms. The predicted octanol–water partition coefficient (Wildman–Crippen LogP) is 1.63. The molecular formula is C10H15F3N4. The Morgan fingerprint density at radius 2 is 2.06 bits per heavy atom. The number of rotatable bonds is 4. The Hall–Kier alpha value is -1.37. The Bertz CT molecular complexity index is 378. The van der Waals surface area contributed by atoms with Crippen LogP contribution in [0.25, 0.3) is 0 Å². The number of anilines is 1. The topological polar surface area (TPSA) is 55.0 Å². The normalized spacial score (nSPS) is 11.6. The quantitative estimate of drug-likeness (QED) is 0.880. The molecular weight excluding hydrogens is 233 g/mol. The molecule has 1 aromatic rings. The molecule has 7 heteroatoms. The molecule has 0 bridgehead atoms. The lowest BCUT2D eigenvalue weighted by atomic mass is 10.2. The first-order chi connectivity index (χ1) is 7.87. The summed E-state index contributed by atoms with van der Waals surface area (Å²) in [6.07, 6.45) is -2.80. The van der Waals surface area contributed by atoms with Gasteiger partial charge in [0.15, 0.2) is 0 Å². The summed E-state index contributed by atoms with van der Waals surface area (Å²) >= 11 is 0. The zero-order chi connectivity index (χ0) is 13.1. The Morgan fingerprint density at radius 3 is 2.47 bits per heavy atom. The Labute approximate surface area is 97.7 Å². The zero-order valence-corrected chi connectivity index (χ0v) is 9.75. The minimum atomic E-state index is -4.26. The second-order valence-electron chi connectivity index (χ2n) is 3.61. The van der Waals surface area contributed by atoms with Crippen molar-refractivity contribution >= 4 is 5.95 Å². The Kier molecular flexibility index (Phi) is 4.28. The highest BCUT2D eigenvalue weighted by atomic mass is 19.4. The number of aromatic nitrogens is 2. The molecule has 96 valence electrons. The molecule has 0 saturated heterocycles. The minimum absolute atomic E-state index is 0.0829. The average Bonchev–Trinajstić information content (AvgIpc) is 2.24. The van der Waals surface area contributed by atoms with Crippen LogP contribution in [0.2, 0.25) is 0 Å². The van der Waals surface area contributed by atoms with Gasteiger partial charge in [-0.15, -0.1) is 0 Å². The first-order valence-electron chi connectivity index (χ1n) is 5.21. The highest BCUT2D eigenvalue weighted by Crippen LogP contribution is 2.19. The van der Waals surface area contributed by atoms with E-state index >= 15 is 0 Å². The summed E-state index contributed by atoms with van der Waals surface area (Å²) in [5, 5.41) is 0. The number of hydrogen-bond donors (Lipinski definition) is 1. The van der Waals surface area contributed by atoms with Crippen molar-refractivity contribution in [2.75, 3.05) is 18.0 Å². The van der Waals surface area contributed by atoms with Gasteiger partial charge in [-0.25, -0.2) is 9.97 Å². The van der Waals surface area contributed by atoms with Crippen LogP contribution in [0.1, 0.15) is 18.2 Å². The van der Waals surface area contributed by atoms with Crippen molar-refractivity contribution in [3.63, 3.8) is 0 Å². The Morgan fingerprint density at radius 1 is 1.41 bits per heavy atom. The summed E-state index contributed by atoms with van der Waals surface area (Å²) < 4.78 is 36.9. The van der Waals surface area contributed by atoms with Crippen LogP contribution in [0.15, 0.2) is 6.20 Å². The number of alkyl halides is 3. The maximum Gasteiger partial charge on any atom is 0.406 e. The molecule has 4 nitrogen and oxygen atoms in total. The van der Waals surface area contributed by atoms with Gasteiger partial charge in [-0.1, -0.05) is 0 Å². The number of hydrogen-bond acceptors (Lipinski definition) is 4. The van der Waals surface area contributed by atoms with Crippen LogP contribution in [-0.4, -0.2) is 29.2 Å². The van der Waals surface area contributed by atoms with Crippen molar-refractivity contribution in [1.29, 1.82) is 0 Å². The molecule has 1 heterocycles. The molecule has 2 N–H and O–H groups in total. The van der Waals surface area contributed by atoms with Gasteiger partial charge in [0.25, 0.3) is 0 Å². The zero-order valence-electron chi connectivity index (χ0n) is 9.75. The van der Waals surface area contributed by atoms with E-state index in [4.69, 9.17) is 5.73 Å². The van der Waals surface area contributed by atoms with Crippen molar-refractivity contribution in [1.82, 2.24) is 9.97 Å². The number of nitrogens with two attached hydrogens (primary N) is 1. The molecule has 1 rings (SSSR count). The van der Waals surface area contributed by atoms with Crippen LogP contribution in [0.5, 0.6) is 0 Å². The molecule has 0 radical (unpaired) electrons. The van der Waals surface area contributed by atoms with Crippen LogP contribution in [0.3, 0.4) is 0 Å². The maximum atomic E-state index is 12.3. The first kappa shape index (κ1) is 13.7. The maximum absolute atomic E-state index is 12.3. The lowest BCUT2D eigenvalue weighted by Gasteiger charge is -2.22. The van der Waals surface area contributed by atoms with E-state index in [-0.39, 0.29) is 19.0 Å². The second kappa shape index (κ2) is 5.31. The fraction of sp³-hybridized carbons (Fsp3) is 0.600. The van der Waals surface area contributed by atoms with Crippen LogP contribution < -0.4 is 10.6 Å². The molecule has 0 fully saturated rings. The number of aryl methyl sites for hydroxylation is 1. The molecule has 0 aliphatic rings. The van der Waals surface area contributed by atoms with Gasteiger partial charge in [0.2, 0.25) is 5.95 Å². The van der Waals surface area contributed by atoms with Crippen LogP contribution >= 0.6 is 0 Å². The largest absolute Gasteiger partial charge is 0.406 e. The van der Waals surface area contributed by atoms with Crippen LogP contribution in [0.4, 0.5) is 19.1 Å². The third-order valence-electron chi connectivity index (χ3n) is 2.32. The third-order valence-corrected chi connectivity index (χ3v) is 2.32. The van der Waals surface area contributed by atoms with Crippen LogP contribution in [-0.2, 0) is 6.54 Å². The summed E-state index contributed by atoms with van der Waals surface area (Å²) in [4.78, 5) is 9.01. The average molecular weight is 248 g/mol. The molecule has 0 aliphatic heterocycles. The second-order valence-corrected chi connectivity index (χ2v) is 3.61. The highest BCUT2D eigenvalue weighted by Gasteiger charge is 2.31. The number of halogens is 3. The molecule has 0 saturated carbocycles. The smallest absolute Gasteiger partial charge is 0.332 e. The van der Waals surface area contributed by atoms with Gasteiger partial charge in [0.1, 0.15) is 6.54 Å². The van der Waals surface area contributed by atoms with E-state index in [1.54, 1.807) is 13.8 Å². The van der Waals surface area contributed by atoms with Crippen molar-refractivity contribution in [3.8, 4) is 0 Å². The summed E-state index contributed by atoms with van der Waals surface area (Å²) in [6.45, 7) is 2.75. The monoisotopic (exact) mass is 248 g/mol. The van der Waals surface area contributed by atoms with Gasteiger partial charge in [-0.3, -0.25) is 0 Å². The van der Waals surface area contributed by atoms with E-state index in [9.17, 15) is 13.2 Å². The lowest BCUT2D eigenvalue weighted by molar-refractivity contribution is -0.119. The third kappa shape index (κ3) is 3.85. The molecule has 0 unspecified atom stereocenters. The van der Waals surface area contributed by atoms with E-state index in [0.717, 1.165) is 10.5 Å². The molecule has 1 aromatic heterocycles. The number of nitrogens with zero attached hydrogens (tertiary/aromatic N) is 3. The lowest BCUT2D eigenvalue weighted by Crippen LogP contribution is -2.35. The molecule has 0 amide bonds. The predicted molar refractivity (Wildman–Crippen MR) is 58.6 cm³/mol. The first-order valence-corrected chi connectivity index (χ1v) is 5.21. The van der Waals surface area contributed by atoms with E-state index in [2.05, 4.69) is 9.97 Å². The minimum Gasteiger partial charge on any atom is -0.332 e. The Balaban J connectivity index is 2.93. The van der Waals surface area contributed by atoms with Gasteiger partial charge in [-0.2, -0.15) is 13.2 Å². The van der Waals surface area contributed by atoms with Crippen molar-refractivity contribution in [3.05, 3.63) is 17.5 Å². The van der Waals surface area contributed by atoms with E-state index < -0.39 is 12.7 Å². The summed E-state index contributed by atoms with van der Waals surface area (Å²) in [7, 11) is 0. The SMILES string of the molecule is CCN(CC(F)(F)F)c1ncc(CN)c(C)n1. The summed E-state index contributed by atoms with van der Waals surface area (Å²) in [5.74, 6) is 0.0829.